The molecule has 0 spiro atoms. The van der Waals surface area contributed by atoms with Crippen molar-refractivity contribution in [2.24, 2.45) is 5.92 Å². The van der Waals surface area contributed by atoms with E-state index in [4.69, 9.17) is 9.47 Å². The summed E-state index contributed by atoms with van der Waals surface area (Å²) in [5.74, 6) is -0.241. The van der Waals surface area contributed by atoms with Crippen LogP contribution in [-0.4, -0.2) is 55.0 Å². The van der Waals surface area contributed by atoms with Crippen molar-refractivity contribution in [1.82, 2.24) is 10.6 Å². The number of aliphatic hydroxyl groups is 1. The van der Waals surface area contributed by atoms with Crippen LogP contribution in [0.4, 0.5) is 0 Å². The average molecular weight is 402 g/mol. The van der Waals surface area contributed by atoms with E-state index in [0.29, 0.717) is 26.1 Å². The molecule has 158 valence electrons. The lowest BCUT2D eigenvalue weighted by Gasteiger charge is -2.33. The number of rotatable bonds is 7. The molecule has 2 amide bonds. The Balaban J connectivity index is 1.51. The number of hydrogen-bond donors (Lipinski definition) is 3. The van der Waals surface area contributed by atoms with Gasteiger partial charge in [-0.2, -0.15) is 0 Å². The molecule has 1 aromatic rings. The van der Waals surface area contributed by atoms with Crippen LogP contribution in [0.25, 0.3) is 0 Å². The monoisotopic (exact) mass is 402 g/mol. The van der Waals surface area contributed by atoms with Crippen LogP contribution in [0.2, 0.25) is 0 Å². The zero-order chi connectivity index (χ0) is 20.6. The molecule has 0 aromatic heterocycles. The lowest BCUT2D eigenvalue weighted by atomic mass is 9.97. The summed E-state index contributed by atoms with van der Waals surface area (Å²) in [7, 11) is 0. The minimum absolute atomic E-state index is 0.0436. The van der Waals surface area contributed by atoms with Gasteiger partial charge >= 0.3 is 0 Å². The molecule has 2 heterocycles. The zero-order valence-electron chi connectivity index (χ0n) is 16.8. The van der Waals surface area contributed by atoms with Crippen LogP contribution < -0.4 is 10.6 Å². The first-order valence-electron chi connectivity index (χ1n) is 10.2. The van der Waals surface area contributed by atoms with Crippen LogP contribution in [0.5, 0.6) is 0 Å². The molecule has 2 aliphatic rings. The van der Waals surface area contributed by atoms with Gasteiger partial charge in [-0.05, 0) is 25.3 Å². The fourth-order valence-corrected chi connectivity index (χ4v) is 3.69. The van der Waals surface area contributed by atoms with E-state index in [0.717, 1.165) is 5.56 Å². The molecule has 0 saturated carbocycles. The summed E-state index contributed by atoms with van der Waals surface area (Å²) < 4.78 is 11.1. The van der Waals surface area contributed by atoms with E-state index in [1.807, 2.05) is 43.3 Å². The lowest BCUT2D eigenvalue weighted by Crippen LogP contribution is -2.51. The maximum Gasteiger partial charge on any atom is 0.223 e. The van der Waals surface area contributed by atoms with Crippen molar-refractivity contribution in [1.29, 1.82) is 0 Å². The molecule has 29 heavy (non-hydrogen) atoms. The Morgan fingerprint density at radius 3 is 2.59 bits per heavy atom. The molecule has 0 unspecified atom stereocenters. The van der Waals surface area contributed by atoms with Gasteiger partial charge in [0.05, 0.1) is 31.2 Å². The van der Waals surface area contributed by atoms with Gasteiger partial charge < -0.3 is 25.2 Å². The highest BCUT2D eigenvalue weighted by Crippen LogP contribution is 2.19. The summed E-state index contributed by atoms with van der Waals surface area (Å²) >= 11 is 0. The molecule has 0 radical (unpaired) electrons. The highest BCUT2D eigenvalue weighted by Gasteiger charge is 2.31. The second-order valence-corrected chi connectivity index (χ2v) is 7.61. The third kappa shape index (κ3) is 6.13. The molecule has 7 heteroatoms. The van der Waals surface area contributed by atoms with Crippen LogP contribution in [0.15, 0.2) is 42.5 Å². The highest BCUT2D eigenvalue weighted by molar-refractivity contribution is 5.79. The molecular formula is C22H30N2O5. The Morgan fingerprint density at radius 1 is 1.17 bits per heavy atom. The number of hydrogen-bond acceptors (Lipinski definition) is 5. The fraction of sp³-hybridized carbons (Fsp3) is 0.545. The molecule has 3 N–H and O–H groups in total. The number of carbonyl (C=O) groups excluding carboxylic acids is 2. The van der Waals surface area contributed by atoms with E-state index < -0.39 is 18.2 Å². The third-order valence-electron chi connectivity index (χ3n) is 5.43. The van der Waals surface area contributed by atoms with E-state index >= 15 is 0 Å². The minimum atomic E-state index is -0.576. The van der Waals surface area contributed by atoms with Crippen molar-refractivity contribution in [3.63, 3.8) is 0 Å². The van der Waals surface area contributed by atoms with Crippen molar-refractivity contribution in [3.8, 4) is 0 Å². The van der Waals surface area contributed by atoms with Crippen molar-refractivity contribution < 1.29 is 24.2 Å². The third-order valence-corrected chi connectivity index (χ3v) is 5.43. The molecule has 1 saturated heterocycles. The van der Waals surface area contributed by atoms with E-state index in [-0.39, 0.29) is 36.8 Å². The van der Waals surface area contributed by atoms with E-state index in [2.05, 4.69) is 10.6 Å². The van der Waals surface area contributed by atoms with Gasteiger partial charge in [-0.25, -0.2) is 0 Å². The van der Waals surface area contributed by atoms with E-state index in [1.165, 1.54) is 0 Å². The van der Waals surface area contributed by atoms with Crippen LogP contribution in [0.3, 0.4) is 0 Å². The molecule has 1 aromatic carbocycles. The van der Waals surface area contributed by atoms with Gasteiger partial charge in [0, 0.05) is 19.1 Å². The van der Waals surface area contributed by atoms with E-state index in [1.54, 1.807) is 6.08 Å². The van der Waals surface area contributed by atoms with Crippen molar-refractivity contribution in [2.45, 2.75) is 50.5 Å². The Kier molecular flexibility index (Phi) is 7.80. The van der Waals surface area contributed by atoms with Gasteiger partial charge in [0.1, 0.15) is 6.10 Å². The second kappa shape index (κ2) is 10.5. The summed E-state index contributed by atoms with van der Waals surface area (Å²) in [6.07, 6.45) is 4.16. The van der Waals surface area contributed by atoms with Crippen LogP contribution in [-0.2, 0) is 19.1 Å². The summed E-state index contributed by atoms with van der Waals surface area (Å²) in [5, 5.41) is 15.6. The number of benzene rings is 1. The van der Waals surface area contributed by atoms with Gasteiger partial charge in [-0.1, -0.05) is 42.5 Å². The first-order valence-corrected chi connectivity index (χ1v) is 10.2. The first kappa shape index (κ1) is 21.5. The maximum atomic E-state index is 12.4. The predicted octanol–water partition coefficient (Wildman–Crippen LogP) is 1.48. The highest BCUT2D eigenvalue weighted by atomic mass is 16.5. The van der Waals surface area contributed by atoms with Gasteiger partial charge in [0.25, 0.3) is 0 Å². The summed E-state index contributed by atoms with van der Waals surface area (Å²) in [6, 6.07) is 9.24. The predicted molar refractivity (Wildman–Crippen MR) is 108 cm³/mol. The Hall–Kier alpha value is -2.22. The van der Waals surface area contributed by atoms with E-state index in [9.17, 15) is 14.7 Å². The number of amides is 2. The molecular weight excluding hydrogens is 372 g/mol. The Morgan fingerprint density at radius 2 is 1.90 bits per heavy atom. The standard InChI is InChI=1S/C22H30N2O5/c1-15(16-5-3-2-4-6-16)23-21(26)13-18-7-8-19(20(14-25)29-18)24-22(27)17-9-11-28-12-10-17/h2-8,15,17-20,25H,9-14H2,1H3,(H,23,26)(H,24,27)/t15-,18-,19-,20+/m1/s1. The maximum absolute atomic E-state index is 12.4. The minimum Gasteiger partial charge on any atom is -0.394 e. The topological polar surface area (TPSA) is 96.9 Å². The molecule has 0 bridgehead atoms. The first-order chi connectivity index (χ1) is 14.1. The Labute approximate surface area is 171 Å². The number of ether oxygens (including phenoxy) is 2. The second-order valence-electron chi connectivity index (χ2n) is 7.61. The summed E-state index contributed by atoms with van der Waals surface area (Å²) in [4.78, 5) is 24.8. The van der Waals surface area contributed by atoms with Crippen molar-refractivity contribution in [3.05, 3.63) is 48.0 Å². The summed E-state index contributed by atoms with van der Waals surface area (Å²) in [6.45, 7) is 2.89. The van der Waals surface area contributed by atoms with Crippen LogP contribution in [0.1, 0.15) is 37.8 Å². The SMILES string of the molecule is C[C@@H](NC(=O)C[C@H]1C=C[C@@H](NC(=O)C2CCOCC2)[C@H](CO)O1)c1ccccc1. The van der Waals surface area contributed by atoms with Gasteiger partial charge in [-0.3, -0.25) is 9.59 Å². The molecule has 1 fully saturated rings. The van der Waals surface area contributed by atoms with Crippen molar-refractivity contribution in [2.75, 3.05) is 19.8 Å². The smallest absolute Gasteiger partial charge is 0.223 e. The van der Waals surface area contributed by atoms with Gasteiger partial charge in [0.15, 0.2) is 0 Å². The average Bonchev–Trinajstić information content (AvgIpc) is 2.75. The zero-order valence-corrected chi connectivity index (χ0v) is 16.8. The Bertz CT molecular complexity index is 702. The summed E-state index contributed by atoms with van der Waals surface area (Å²) in [5.41, 5.74) is 1.03. The van der Waals surface area contributed by atoms with Gasteiger partial charge in [-0.15, -0.1) is 0 Å². The lowest BCUT2D eigenvalue weighted by molar-refractivity contribution is -0.132. The molecule has 4 atom stereocenters. The normalized spacial score (nSPS) is 25.9. The molecule has 2 aliphatic heterocycles. The van der Waals surface area contributed by atoms with Crippen LogP contribution in [0, 0.1) is 5.92 Å². The molecule has 0 aliphatic carbocycles. The molecule has 3 rings (SSSR count). The van der Waals surface area contributed by atoms with Gasteiger partial charge in [0.2, 0.25) is 11.8 Å². The number of nitrogens with one attached hydrogen (secondary N) is 2. The van der Waals surface area contributed by atoms with Crippen molar-refractivity contribution >= 4 is 11.8 Å². The number of aliphatic hydroxyl groups excluding tert-OH is 1. The largest absolute Gasteiger partial charge is 0.394 e. The fourth-order valence-electron chi connectivity index (χ4n) is 3.69. The molecule has 7 nitrogen and oxygen atoms in total. The quantitative estimate of drug-likeness (QED) is 0.601. The van der Waals surface area contributed by atoms with Crippen LogP contribution >= 0.6 is 0 Å². The number of carbonyl (C=O) groups is 2.